The Morgan fingerprint density at radius 1 is 1.04 bits per heavy atom. The van der Waals surface area contributed by atoms with Crippen LogP contribution >= 0.6 is 11.8 Å². The van der Waals surface area contributed by atoms with E-state index in [2.05, 4.69) is 0 Å². The minimum absolute atomic E-state index is 0.149. The van der Waals surface area contributed by atoms with Crippen LogP contribution in [-0.4, -0.2) is 29.0 Å². The molecule has 24 heavy (non-hydrogen) atoms. The van der Waals surface area contributed by atoms with E-state index in [-0.39, 0.29) is 17.7 Å². The van der Waals surface area contributed by atoms with E-state index in [0.717, 1.165) is 16.7 Å². The maximum atomic E-state index is 12.8. The molecule has 3 amide bonds. The van der Waals surface area contributed by atoms with E-state index in [4.69, 9.17) is 5.73 Å². The van der Waals surface area contributed by atoms with Crippen LogP contribution in [0.25, 0.3) is 0 Å². The zero-order valence-electron chi connectivity index (χ0n) is 12.7. The Morgan fingerprint density at radius 3 is 2.21 bits per heavy atom. The Hall–Kier alpha value is -2.80. The second-order valence-electron chi connectivity index (χ2n) is 5.18. The van der Waals surface area contributed by atoms with Crippen LogP contribution in [0.5, 0.6) is 0 Å². The number of hydrogen-bond acceptors (Lipinski definition) is 5. The molecule has 0 aromatic heterocycles. The molecule has 0 spiro atoms. The number of anilines is 2. The first-order valence-corrected chi connectivity index (χ1v) is 8.15. The van der Waals surface area contributed by atoms with Crippen molar-refractivity contribution in [2.24, 2.45) is 5.73 Å². The SMILES string of the molecule is NC(=O)CN(c1ccccc1)[C@@H]1SC(=O)N(c2ccccc2)C1=O. The highest BCUT2D eigenvalue weighted by molar-refractivity contribution is 8.16. The summed E-state index contributed by atoms with van der Waals surface area (Å²) in [7, 11) is 0. The molecular weight excluding hydrogens is 326 g/mol. The van der Waals surface area contributed by atoms with Crippen molar-refractivity contribution >= 4 is 40.2 Å². The van der Waals surface area contributed by atoms with Crippen molar-refractivity contribution in [2.75, 3.05) is 16.3 Å². The summed E-state index contributed by atoms with van der Waals surface area (Å²) in [4.78, 5) is 39.3. The number of rotatable bonds is 5. The van der Waals surface area contributed by atoms with Crippen LogP contribution in [0, 0.1) is 0 Å². The van der Waals surface area contributed by atoms with Gasteiger partial charge in [-0.05, 0) is 36.0 Å². The molecule has 3 rings (SSSR count). The van der Waals surface area contributed by atoms with Gasteiger partial charge in [0.2, 0.25) is 5.91 Å². The van der Waals surface area contributed by atoms with Crippen LogP contribution in [0.4, 0.5) is 16.2 Å². The minimum Gasteiger partial charge on any atom is -0.368 e. The van der Waals surface area contributed by atoms with Crippen molar-refractivity contribution in [1.82, 2.24) is 0 Å². The zero-order valence-corrected chi connectivity index (χ0v) is 13.5. The minimum atomic E-state index is -0.826. The largest absolute Gasteiger partial charge is 0.368 e. The van der Waals surface area contributed by atoms with E-state index in [1.165, 1.54) is 0 Å². The molecule has 1 atom stereocenters. The van der Waals surface area contributed by atoms with Gasteiger partial charge in [0, 0.05) is 5.69 Å². The van der Waals surface area contributed by atoms with Gasteiger partial charge >= 0.3 is 0 Å². The summed E-state index contributed by atoms with van der Waals surface area (Å²) < 4.78 is 0. The Kier molecular flexibility index (Phi) is 4.52. The third-order valence-corrected chi connectivity index (χ3v) is 4.60. The van der Waals surface area contributed by atoms with Gasteiger partial charge < -0.3 is 10.6 Å². The van der Waals surface area contributed by atoms with Gasteiger partial charge in [-0.2, -0.15) is 0 Å². The molecule has 2 aromatic rings. The van der Waals surface area contributed by atoms with Crippen molar-refractivity contribution < 1.29 is 14.4 Å². The maximum absolute atomic E-state index is 12.8. The fraction of sp³-hybridized carbons (Fsp3) is 0.118. The number of carbonyl (C=O) groups excluding carboxylic acids is 3. The normalized spacial score (nSPS) is 17.2. The Balaban J connectivity index is 1.93. The number of carbonyl (C=O) groups is 3. The van der Waals surface area contributed by atoms with E-state index in [9.17, 15) is 14.4 Å². The number of primary amides is 1. The first-order chi connectivity index (χ1) is 11.6. The number of imide groups is 1. The van der Waals surface area contributed by atoms with E-state index in [0.29, 0.717) is 11.4 Å². The van der Waals surface area contributed by atoms with Gasteiger partial charge in [-0.1, -0.05) is 36.4 Å². The molecule has 0 unspecified atom stereocenters. The Labute approximate surface area is 143 Å². The third kappa shape index (κ3) is 3.11. The van der Waals surface area contributed by atoms with Gasteiger partial charge in [-0.25, -0.2) is 4.90 Å². The highest BCUT2D eigenvalue weighted by Gasteiger charge is 2.44. The lowest BCUT2D eigenvalue weighted by molar-refractivity contribution is -0.117. The molecule has 0 bridgehead atoms. The number of hydrogen-bond donors (Lipinski definition) is 1. The lowest BCUT2D eigenvalue weighted by atomic mass is 10.2. The second-order valence-corrected chi connectivity index (χ2v) is 6.21. The fourth-order valence-electron chi connectivity index (χ4n) is 2.50. The molecule has 0 saturated carbocycles. The van der Waals surface area contributed by atoms with Crippen molar-refractivity contribution in [3.63, 3.8) is 0 Å². The molecule has 1 fully saturated rings. The monoisotopic (exact) mass is 341 g/mol. The highest BCUT2D eigenvalue weighted by Crippen LogP contribution is 2.35. The van der Waals surface area contributed by atoms with Gasteiger partial charge in [0.15, 0.2) is 5.37 Å². The van der Waals surface area contributed by atoms with Crippen molar-refractivity contribution in [1.29, 1.82) is 0 Å². The molecule has 122 valence electrons. The molecular formula is C17H15N3O3S. The van der Waals surface area contributed by atoms with Crippen molar-refractivity contribution in [3.8, 4) is 0 Å². The lowest BCUT2D eigenvalue weighted by Crippen LogP contribution is -2.45. The molecule has 1 aliphatic rings. The molecule has 0 aliphatic carbocycles. The van der Waals surface area contributed by atoms with Gasteiger partial charge in [0.25, 0.3) is 11.1 Å². The molecule has 2 N–H and O–H groups in total. The van der Waals surface area contributed by atoms with Crippen LogP contribution < -0.4 is 15.5 Å². The predicted molar refractivity (Wildman–Crippen MR) is 93.7 cm³/mol. The maximum Gasteiger partial charge on any atom is 0.295 e. The van der Waals surface area contributed by atoms with Gasteiger partial charge in [0.05, 0.1) is 12.2 Å². The van der Waals surface area contributed by atoms with Crippen molar-refractivity contribution in [2.45, 2.75) is 5.37 Å². The van der Waals surface area contributed by atoms with E-state index in [1.807, 2.05) is 12.1 Å². The van der Waals surface area contributed by atoms with Crippen molar-refractivity contribution in [3.05, 3.63) is 60.7 Å². The predicted octanol–water partition coefficient (Wildman–Crippen LogP) is 2.20. The van der Waals surface area contributed by atoms with Crippen LogP contribution in [0.15, 0.2) is 60.7 Å². The van der Waals surface area contributed by atoms with Crippen LogP contribution in [-0.2, 0) is 9.59 Å². The molecule has 7 heteroatoms. The molecule has 1 saturated heterocycles. The van der Waals surface area contributed by atoms with Crippen LogP contribution in [0.3, 0.4) is 0 Å². The summed E-state index contributed by atoms with van der Waals surface area (Å²) in [5.41, 5.74) is 6.49. The smallest absolute Gasteiger partial charge is 0.295 e. The number of nitrogens with zero attached hydrogens (tertiary/aromatic N) is 2. The second kappa shape index (κ2) is 6.76. The third-order valence-electron chi connectivity index (χ3n) is 3.54. The van der Waals surface area contributed by atoms with Gasteiger partial charge in [0.1, 0.15) is 0 Å². The first kappa shape index (κ1) is 16.1. The summed E-state index contributed by atoms with van der Waals surface area (Å²) in [5, 5.41) is -1.20. The van der Waals surface area contributed by atoms with E-state index >= 15 is 0 Å². The molecule has 2 aromatic carbocycles. The first-order valence-electron chi connectivity index (χ1n) is 7.27. The zero-order chi connectivity index (χ0) is 17.1. The Bertz CT molecular complexity index is 767. The number of amides is 3. The van der Waals surface area contributed by atoms with E-state index < -0.39 is 11.3 Å². The molecule has 1 heterocycles. The summed E-state index contributed by atoms with van der Waals surface area (Å²) in [6, 6.07) is 17.7. The average Bonchev–Trinajstić information content (AvgIpc) is 2.88. The summed E-state index contributed by atoms with van der Waals surface area (Å²) in [6.45, 7) is -0.149. The quantitative estimate of drug-likeness (QED) is 0.901. The molecule has 6 nitrogen and oxygen atoms in total. The van der Waals surface area contributed by atoms with Crippen LogP contribution in [0.1, 0.15) is 0 Å². The summed E-state index contributed by atoms with van der Waals surface area (Å²) in [6.07, 6.45) is 0. The topological polar surface area (TPSA) is 83.7 Å². The molecule has 0 radical (unpaired) electrons. The summed E-state index contributed by atoms with van der Waals surface area (Å²) in [5.74, 6) is -0.959. The van der Waals surface area contributed by atoms with E-state index in [1.54, 1.807) is 53.4 Å². The number of thioether (sulfide) groups is 1. The van der Waals surface area contributed by atoms with Gasteiger partial charge in [-0.15, -0.1) is 0 Å². The van der Waals surface area contributed by atoms with Crippen LogP contribution in [0.2, 0.25) is 0 Å². The summed E-state index contributed by atoms with van der Waals surface area (Å²) >= 11 is 0.877. The number of benzene rings is 2. The highest BCUT2D eigenvalue weighted by atomic mass is 32.2. The Morgan fingerprint density at radius 2 is 1.62 bits per heavy atom. The fourth-order valence-corrected chi connectivity index (χ4v) is 3.52. The number of nitrogens with two attached hydrogens (primary N) is 1. The lowest BCUT2D eigenvalue weighted by Gasteiger charge is -2.27. The average molecular weight is 341 g/mol. The standard InChI is InChI=1S/C17H15N3O3S/c18-14(21)11-19(12-7-3-1-4-8-12)16-15(22)20(17(23)24-16)13-9-5-2-6-10-13/h1-10,16H,11H2,(H2,18,21)/t16-/m1/s1. The molecule has 1 aliphatic heterocycles. The van der Waals surface area contributed by atoms with Gasteiger partial charge in [-0.3, -0.25) is 14.4 Å². The number of para-hydroxylation sites is 2.